The summed E-state index contributed by atoms with van der Waals surface area (Å²) in [5.41, 5.74) is 0.592. The smallest absolute Gasteiger partial charge is 0.162 e. The molecular formula is C13H16O5S. The fourth-order valence-electron chi connectivity index (χ4n) is 2.01. The third-order valence-corrected chi connectivity index (χ3v) is 4.74. The second kappa shape index (κ2) is 5.30. The third-order valence-electron chi connectivity index (χ3n) is 3.06. The van der Waals surface area contributed by atoms with Gasteiger partial charge in [0.2, 0.25) is 0 Å². The summed E-state index contributed by atoms with van der Waals surface area (Å²) < 4.78 is 28.1. The summed E-state index contributed by atoms with van der Waals surface area (Å²) >= 11 is 0. The first-order chi connectivity index (χ1) is 8.91. The average molecular weight is 284 g/mol. The van der Waals surface area contributed by atoms with E-state index in [1.807, 2.05) is 0 Å². The number of aliphatic hydroxyl groups excluding tert-OH is 1. The van der Waals surface area contributed by atoms with Gasteiger partial charge in [-0.2, -0.15) is 0 Å². The van der Waals surface area contributed by atoms with E-state index < -0.39 is 22.0 Å². The van der Waals surface area contributed by atoms with Gasteiger partial charge in [-0.3, -0.25) is 4.79 Å². The molecule has 1 aromatic carbocycles. The second-order valence-electron chi connectivity index (χ2n) is 4.60. The van der Waals surface area contributed by atoms with Crippen molar-refractivity contribution in [2.45, 2.75) is 25.6 Å². The Morgan fingerprint density at radius 3 is 2.42 bits per heavy atom. The fraction of sp³-hybridized carbons (Fsp3) is 0.462. The van der Waals surface area contributed by atoms with E-state index in [0.29, 0.717) is 17.7 Å². The molecular weight excluding hydrogens is 268 g/mol. The SMILES string of the molecule is CCC(=O)c1ccc(OC2CS(=O)(=O)CC2O)cc1. The zero-order chi connectivity index (χ0) is 14.0. The van der Waals surface area contributed by atoms with Gasteiger partial charge in [0, 0.05) is 12.0 Å². The van der Waals surface area contributed by atoms with E-state index in [9.17, 15) is 18.3 Å². The molecule has 0 saturated carbocycles. The Balaban J connectivity index is 2.06. The highest BCUT2D eigenvalue weighted by molar-refractivity contribution is 7.91. The molecule has 0 spiro atoms. The van der Waals surface area contributed by atoms with Crippen LogP contribution in [-0.2, 0) is 9.84 Å². The number of sulfone groups is 1. The van der Waals surface area contributed by atoms with Gasteiger partial charge in [-0.15, -0.1) is 0 Å². The molecule has 0 amide bonds. The van der Waals surface area contributed by atoms with Crippen molar-refractivity contribution in [1.82, 2.24) is 0 Å². The van der Waals surface area contributed by atoms with Gasteiger partial charge in [0.15, 0.2) is 15.6 Å². The molecule has 1 aliphatic heterocycles. The van der Waals surface area contributed by atoms with Crippen molar-refractivity contribution in [3.8, 4) is 5.75 Å². The van der Waals surface area contributed by atoms with Gasteiger partial charge in [0.05, 0.1) is 11.5 Å². The van der Waals surface area contributed by atoms with Crippen molar-refractivity contribution in [3.63, 3.8) is 0 Å². The topological polar surface area (TPSA) is 80.7 Å². The van der Waals surface area contributed by atoms with E-state index in [4.69, 9.17) is 4.74 Å². The molecule has 0 aromatic heterocycles. The molecule has 1 fully saturated rings. The van der Waals surface area contributed by atoms with Crippen LogP contribution in [0.4, 0.5) is 0 Å². The van der Waals surface area contributed by atoms with Crippen LogP contribution in [0.25, 0.3) is 0 Å². The number of ketones is 1. The van der Waals surface area contributed by atoms with Gasteiger partial charge in [-0.25, -0.2) is 8.42 Å². The van der Waals surface area contributed by atoms with Crippen molar-refractivity contribution < 1.29 is 23.1 Å². The first-order valence-corrected chi connectivity index (χ1v) is 7.92. The van der Waals surface area contributed by atoms with Gasteiger partial charge in [0.25, 0.3) is 0 Å². The minimum atomic E-state index is -3.22. The van der Waals surface area contributed by atoms with Gasteiger partial charge in [-0.1, -0.05) is 6.92 Å². The van der Waals surface area contributed by atoms with Crippen molar-refractivity contribution >= 4 is 15.6 Å². The predicted octanol–water partition coefficient (Wildman–Crippen LogP) is 0.816. The summed E-state index contributed by atoms with van der Waals surface area (Å²) in [7, 11) is -3.22. The number of aliphatic hydroxyl groups is 1. The largest absolute Gasteiger partial charge is 0.487 e. The Hall–Kier alpha value is -1.40. The highest BCUT2D eigenvalue weighted by Gasteiger charge is 2.38. The van der Waals surface area contributed by atoms with Crippen LogP contribution in [0.5, 0.6) is 5.75 Å². The summed E-state index contributed by atoms with van der Waals surface area (Å²) in [6, 6.07) is 6.50. The summed E-state index contributed by atoms with van der Waals surface area (Å²) in [5.74, 6) is 0.0530. The Morgan fingerprint density at radius 1 is 1.32 bits per heavy atom. The minimum Gasteiger partial charge on any atom is -0.487 e. The van der Waals surface area contributed by atoms with E-state index in [1.165, 1.54) is 0 Å². The van der Waals surface area contributed by atoms with Crippen LogP contribution in [0.1, 0.15) is 23.7 Å². The maximum atomic E-state index is 11.4. The van der Waals surface area contributed by atoms with Crippen LogP contribution in [-0.4, -0.2) is 43.0 Å². The number of benzene rings is 1. The number of rotatable bonds is 4. The zero-order valence-corrected chi connectivity index (χ0v) is 11.4. The predicted molar refractivity (Wildman–Crippen MR) is 70.1 cm³/mol. The zero-order valence-electron chi connectivity index (χ0n) is 10.6. The minimum absolute atomic E-state index is 0.0371. The number of ether oxygens (including phenoxy) is 1. The lowest BCUT2D eigenvalue weighted by Gasteiger charge is -2.15. The Bertz CT molecular complexity index is 561. The van der Waals surface area contributed by atoms with Crippen LogP contribution < -0.4 is 4.74 Å². The van der Waals surface area contributed by atoms with Crippen LogP contribution in [0.15, 0.2) is 24.3 Å². The van der Waals surface area contributed by atoms with Crippen LogP contribution in [0.3, 0.4) is 0 Å². The van der Waals surface area contributed by atoms with Crippen molar-refractivity contribution in [2.75, 3.05) is 11.5 Å². The molecule has 2 rings (SSSR count). The molecule has 0 bridgehead atoms. The summed E-state index contributed by atoms with van der Waals surface area (Å²) in [4.78, 5) is 11.4. The molecule has 1 heterocycles. The second-order valence-corrected chi connectivity index (χ2v) is 6.76. The maximum absolute atomic E-state index is 11.4. The molecule has 0 aliphatic carbocycles. The average Bonchev–Trinajstić information content (AvgIpc) is 2.62. The molecule has 5 nitrogen and oxygen atoms in total. The van der Waals surface area contributed by atoms with Crippen molar-refractivity contribution in [3.05, 3.63) is 29.8 Å². The van der Waals surface area contributed by atoms with E-state index >= 15 is 0 Å². The number of hydrogen-bond acceptors (Lipinski definition) is 5. The first-order valence-electron chi connectivity index (χ1n) is 6.09. The molecule has 1 saturated heterocycles. The number of carbonyl (C=O) groups is 1. The quantitative estimate of drug-likeness (QED) is 0.828. The number of carbonyl (C=O) groups excluding carboxylic acids is 1. The number of Topliss-reactive ketones (excluding diaryl/α,β-unsaturated/α-hetero) is 1. The Labute approximate surface area is 112 Å². The molecule has 19 heavy (non-hydrogen) atoms. The highest BCUT2D eigenvalue weighted by atomic mass is 32.2. The van der Waals surface area contributed by atoms with Crippen molar-refractivity contribution in [2.24, 2.45) is 0 Å². The molecule has 1 aromatic rings. The molecule has 1 aliphatic rings. The van der Waals surface area contributed by atoms with Crippen LogP contribution in [0.2, 0.25) is 0 Å². The molecule has 2 atom stereocenters. The molecule has 1 N–H and O–H groups in total. The highest BCUT2D eigenvalue weighted by Crippen LogP contribution is 2.21. The summed E-state index contributed by atoms with van der Waals surface area (Å²) in [5, 5.41) is 9.61. The van der Waals surface area contributed by atoms with E-state index in [0.717, 1.165) is 0 Å². The summed E-state index contributed by atoms with van der Waals surface area (Å²) in [6.45, 7) is 1.78. The third kappa shape index (κ3) is 3.33. The standard InChI is InChI=1S/C13H16O5S/c1-2-11(14)9-3-5-10(6-4-9)18-13-8-19(16,17)7-12(13)15/h3-6,12-13,15H,2,7-8H2,1H3. The van der Waals surface area contributed by atoms with E-state index in [1.54, 1.807) is 31.2 Å². The maximum Gasteiger partial charge on any atom is 0.162 e. The van der Waals surface area contributed by atoms with E-state index in [-0.39, 0.29) is 17.3 Å². The molecule has 0 radical (unpaired) electrons. The van der Waals surface area contributed by atoms with Gasteiger partial charge >= 0.3 is 0 Å². The lowest BCUT2D eigenvalue weighted by molar-refractivity contribution is 0.0737. The van der Waals surface area contributed by atoms with E-state index in [2.05, 4.69) is 0 Å². The van der Waals surface area contributed by atoms with Gasteiger partial charge < -0.3 is 9.84 Å². The molecule has 6 heteroatoms. The normalized spacial score (nSPS) is 25.2. The Morgan fingerprint density at radius 2 is 1.95 bits per heavy atom. The monoisotopic (exact) mass is 284 g/mol. The molecule has 2 unspecified atom stereocenters. The number of hydrogen-bond donors (Lipinski definition) is 1. The lowest BCUT2D eigenvalue weighted by Crippen LogP contribution is -2.29. The summed E-state index contributed by atoms with van der Waals surface area (Å²) in [6.07, 6.45) is -1.31. The fourth-order valence-corrected chi connectivity index (χ4v) is 3.67. The van der Waals surface area contributed by atoms with Crippen molar-refractivity contribution in [1.29, 1.82) is 0 Å². The lowest BCUT2D eigenvalue weighted by atomic mass is 10.1. The van der Waals surface area contributed by atoms with Crippen LogP contribution >= 0.6 is 0 Å². The van der Waals surface area contributed by atoms with Gasteiger partial charge in [-0.05, 0) is 24.3 Å². The molecule has 104 valence electrons. The van der Waals surface area contributed by atoms with Crippen LogP contribution in [0, 0.1) is 0 Å². The van der Waals surface area contributed by atoms with Gasteiger partial charge in [0.1, 0.15) is 18.0 Å². The first kappa shape index (κ1) is 14.0. The Kier molecular flexibility index (Phi) is 3.91.